The molecule has 1 heterocycles. The summed E-state index contributed by atoms with van der Waals surface area (Å²) in [6.07, 6.45) is 1.52. The number of para-hydroxylation sites is 1. The van der Waals surface area contributed by atoms with Gasteiger partial charge in [0.25, 0.3) is 5.91 Å². The van der Waals surface area contributed by atoms with Crippen LogP contribution in [-0.4, -0.2) is 31.4 Å². The van der Waals surface area contributed by atoms with Gasteiger partial charge in [-0.25, -0.2) is 13.1 Å². The van der Waals surface area contributed by atoms with Crippen LogP contribution in [0, 0.1) is 13.8 Å². The Labute approximate surface area is 176 Å². The minimum atomic E-state index is -3.73. The zero-order valence-electron chi connectivity index (χ0n) is 17.0. The van der Waals surface area contributed by atoms with E-state index in [0.29, 0.717) is 22.5 Å². The Morgan fingerprint density at radius 1 is 1.10 bits per heavy atom. The number of nitrogens with one attached hydrogen (secondary N) is 1. The second-order valence-electron chi connectivity index (χ2n) is 6.99. The lowest BCUT2D eigenvalue weighted by Crippen LogP contribution is -2.30. The van der Waals surface area contributed by atoms with E-state index in [1.807, 2.05) is 0 Å². The first-order valence-corrected chi connectivity index (χ1v) is 10.8. The molecule has 0 atom stereocenters. The van der Waals surface area contributed by atoms with Gasteiger partial charge in [0, 0.05) is 11.1 Å². The van der Waals surface area contributed by atoms with Gasteiger partial charge in [-0.2, -0.15) is 0 Å². The molecule has 0 aliphatic rings. The van der Waals surface area contributed by atoms with Gasteiger partial charge in [0.1, 0.15) is 11.5 Å². The summed E-state index contributed by atoms with van der Waals surface area (Å²) < 4.78 is 32.6. The number of carbonyl (C=O) groups excluding carboxylic acids is 1. The van der Waals surface area contributed by atoms with E-state index in [9.17, 15) is 18.3 Å². The number of amides is 1. The van der Waals surface area contributed by atoms with Crippen molar-refractivity contribution >= 4 is 15.9 Å². The van der Waals surface area contributed by atoms with Gasteiger partial charge < -0.3 is 14.4 Å². The van der Waals surface area contributed by atoms with E-state index in [0.717, 1.165) is 0 Å². The fourth-order valence-electron chi connectivity index (χ4n) is 3.16. The molecule has 3 rings (SSSR count). The second kappa shape index (κ2) is 8.73. The molecule has 0 saturated carbocycles. The molecule has 0 aliphatic carbocycles. The number of nitrogens with zero attached hydrogens (tertiary/aromatic N) is 1. The van der Waals surface area contributed by atoms with Crippen LogP contribution in [0.25, 0.3) is 0 Å². The summed E-state index contributed by atoms with van der Waals surface area (Å²) in [6, 6.07) is 13.3. The Morgan fingerprint density at radius 3 is 2.47 bits per heavy atom. The van der Waals surface area contributed by atoms with Gasteiger partial charge in [-0.15, -0.1) is 0 Å². The maximum Gasteiger partial charge on any atom is 0.254 e. The van der Waals surface area contributed by atoms with Crippen molar-refractivity contribution in [1.82, 2.24) is 9.62 Å². The van der Waals surface area contributed by atoms with Gasteiger partial charge in [0.2, 0.25) is 10.0 Å². The van der Waals surface area contributed by atoms with E-state index in [-0.39, 0.29) is 35.2 Å². The Balaban J connectivity index is 2.03. The molecule has 8 heteroatoms. The average Bonchev–Trinajstić information content (AvgIpc) is 3.23. The number of benzene rings is 2. The first-order chi connectivity index (χ1) is 14.2. The lowest BCUT2D eigenvalue weighted by Gasteiger charge is -2.23. The monoisotopic (exact) mass is 428 g/mol. The van der Waals surface area contributed by atoms with E-state index in [2.05, 4.69) is 4.72 Å². The van der Waals surface area contributed by atoms with Crippen molar-refractivity contribution in [2.45, 2.75) is 31.8 Å². The molecule has 2 aromatic carbocycles. The van der Waals surface area contributed by atoms with Gasteiger partial charge in [0.05, 0.1) is 24.2 Å². The van der Waals surface area contributed by atoms with Crippen LogP contribution in [0.5, 0.6) is 5.75 Å². The van der Waals surface area contributed by atoms with Gasteiger partial charge in [0.15, 0.2) is 0 Å². The van der Waals surface area contributed by atoms with Crippen molar-refractivity contribution in [3.05, 3.63) is 82.8 Å². The maximum atomic E-state index is 13.4. The average molecular weight is 429 g/mol. The lowest BCUT2D eigenvalue weighted by molar-refractivity contribution is 0.0716. The van der Waals surface area contributed by atoms with Crippen LogP contribution in [0.4, 0.5) is 0 Å². The molecule has 1 aromatic heterocycles. The van der Waals surface area contributed by atoms with Crippen LogP contribution in [0.2, 0.25) is 0 Å². The molecule has 0 fully saturated rings. The molecule has 0 radical (unpaired) electrons. The number of phenolic OH excluding ortho intramolecular Hbond substituents is 1. The predicted molar refractivity (Wildman–Crippen MR) is 113 cm³/mol. The van der Waals surface area contributed by atoms with Crippen molar-refractivity contribution in [3.63, 3.8) is 0 Å². The van der Waals surface area contributed by atoms with Crippen LogP contribution < -0.4 is 4.72 Å². The molecule has 7 nitrogen and oxygen atoms in total. The summed E-state index contributed by atoms with van der Waals surface area (Å²) in [6.45, 7) is 3.77. The Bertz CT molecular complexity index is 1150. The smallest absolute Gasteiger partial charge is 0.254 e. The number of hydrogen-bond donors (Lipinski definition) is 2. The topological polar surface area (TPSA) is 99.9 Å². The van der Waals surface area contributed by atoms with Crippen LogP contribution >= 0.6 is 0 Å². The fourth-order valence-corrected chi connectivity index (χ4v) is 4.23. The molecule has 0 aliphatic heterocycles. The molecular formula is C22H24N2O5S. The Kier molecular flexibility index (Phi) is 6.28. The van der Waals surface area contributed by atoms with Gasteiger partial charge in [-0.05, 0) is 62.4 Å². The number of aromatic hydroxyl groups is 1. The standard InChI is InChI=1S/C22H24N2O5S/c1-15-11-18(12-21(16(15)2)30(27,28)23-3)22(26)24(14-19-8-6-10-29-19)13-17-7-4-5-9-20(17)25/h4-12,23,25H,13-14H2,1-3H3. The van der Waals surface area contributed by atoms with Crippen LogP contribution in [0.1, 0.15) is 32.8 Å². The molecule has 2 N–H and O–H groups in total. The zero-order chi connectivity index (χ0) is 21.9. The highest BCUT2D eigenvalue weighted by atomic mass is 32.2. The van der Waals surface area contributed by atoms with Crippen molar-refractivity contribution in [3.8, 4) is 5.75 Å². The molecular weight excluding hydrogens is 404 g/mol. The largest absolute Gasteiger partial charge is 0.508 e. The van der Waals surface area contributed by atoms with Gasteiger partial charge >= 0.3 is 0 Å². The molecule has 0 unspecified atom stereocenters. The van der Waals surface area contributed by atoms with E-state index in [4.69, 9.17) is 4.42 Å². The third kappa shape index (κ3) is 4.55. The Hall–Kier alpha value is -3.10. The molecule has 30 heavy (non-hydrogen) atoms. The lowest BCUT2D eigenvalue weighted by atomic mass is 10.0. The van der Waals surface area contributed by atoms with Crippen LogP contribution in [-0.2, 0) is 23.1 Å². The predicted octanol–water partition coefficient (Wildman–Crippen LogP) is 3.35. The number of phenols is 1. The number of sulfonamides is 1. The van der Waals surface area contributed by atoms with E-state index >= 15 is 0 Å². The third-order valence-electron chi connectivity index (χ3n) is 4.99. The van der Waals surface area contributed by atoms with Crippen molar-refractivity contribution in [2.75, 3.05) is 7.05 Å². The summed E-state index contributed by atoms with van der Waals surface area (Å²) in [4.78, 5) is 15.0. The number of rotatable bonds is 7. The first kappa shape index (κ1) is 21.6. The summed E-state index contributed by atoms with van der Waals surface area (Å²) >= 11 is 0. The Morgan fingerprint density at radius 2 is 1.83 bits per heavy atom. The maximum absolute atomic E-state index is 13.4. The van der Waals surface area contributed by atoms with Crippen molar-refractivity contribution in [1.29, 1.82) is 0 Å². The van der Waals surface area contributed by atoms with Gasteiger partial charge in [-0.3, -0.25) is 4.79 Å². The molecule has 1 amide bonds. The summed E-state index contributed by atoms with van der Waals surface area (Å²) in [5, 5.41) is 10.2. The van der Waals surface area contributed by atoms with Crippen molar-refractivity contribution in [2.24, 2.45) is 0 Å². The summed E-state index contributed by atoms with van der Waals surface area (Å²) in [7, 11) is -2.39. The quantitative estimate of drug-likeness (QED) is 0.601. The first-order valence-electron chi connectivity index (χ1n) is 9.36. The zero-order valence-corrected chi connectivity index (χ0v) is 17.9. The molecule has 3 aromatic rings. The number of hydrogen-bond acceptors (Lipinski definition) is 5. The minimum Gasteiger partial charge on any atom is -0.508 e. The van der Waals surface area contributed by atoms with Crippen LogP contribution in [0.3, 0.4) is 0 Å². The molecule has 158 valence electrons. The normalized spacial score (nSPS) is 11.4. The number of carbonyl (C=O) groups is 1. The van der Waals surface area contributed by atoms with Crippen LogP contribution in [0.15, 0.2) is 64.1 Å². The molecule has 0 spiro atoms. The molecule has 0 bridgehead atoms. The van der Waals surface area contributed by atoms with Gasteiger partial charge in [-0.1, -0.05) is 18.2 Å². The number of aryl methyl sites for hydroxylation is 1. The summed E-state index contributed by atoms with van der Waals surface area (Å²) in [5.41, 5.74) is 2.09. The SMILES string of the molecule is CNS(=O)(=O)c1cc(C(=O)N(Cc2ccco2)Cc2ccccc2O)cc(C)c1C. The van der Waals surface area contributed by atoms with E-state index in [1.165, 1.54) is 24.3 Å². The highest BCUT2D eigenvalue weighted by Crippen LogP contribution is 2.25. The highest BCUT2D eigenvalue weighted by Gasteiger charge is 2.23. The third-order valence-corrected chi connectivity index (χ3v) is 6.53. The number of furan rings is 1. The van der Waals surface area contributed by atoms with Crippen molar-refractivity contribution < 1.29 is 22.7 Å². The fraction of sp³-hybridized carbons (Fsp3) is 0.227. The molecule has 0 saturated heterocycles. The minimum absolute atomic E-state index is 0.0638. The highest BCUT2D eigenvalue weighted by molar-refractivity contribution is 7.89. The summed E-state index contributed by atoms with van der Waals surface area (Å²) in [5.74, 6) is 0.282. The van der Waals surface area contributed by atoms with E-state index < -0.39 is 10.0 Å². The second-order valence-corrected chi connectivity index (χ2v) is 8.85. The van der Waals surface area contributed by atoms with E-state index in [1.54, 1.807) is 56.3 Å².